The first kappa shape index (κ1) is 10.8. The molecule has 0 N–H and O–H groups in total. The zero-order valence-corrected chi connectivity index (χ0v) is 9.56. The van der Waals surface area contributed by atoms with E-state index in [0.29, 0.717) is 5.92 Å². The number of carbonyl (C=O) groups is 1. The summed E-state index contributed by atoms with van der Waals surface area (Å²) < 4.78 is 18.8. The van der Waals surface area contributed by atoms with Crippen LogP contribution in [-0.4, -0.2) is 12.1 Å². The monoisotopic (exact) mass is 234 g/mol. The number of benzene rings is 1. The summed E-state index contributed by atoms with van der Waals surface area (Å²) in [7, 11) is 0. The van der Waals surface area contributed by atoms with Crippen molar-refractivity contribution in [2.75, 3.05) is 0 Å². The topological polar surface area (TPSA) is 26.3 Å². The van der Waals surface area contributed by atoms with E-state index in [1.165, 1.54) is 25.0 Å². The maximum Gasteiger partial charge on any atom is 0.341 e. The number of halogens is 1. The molecule has 1 aromatic carbocycles. The lowest BCUT2D eigenvalue weighted by Gasteiger charge is -2.21. The highest BCUT2D eigenvalue weighted by atomic mass is 19.1. The molecule has 17 heavy (non-hydrogen) atoms. The van der Waals surface area contributed by atoms with Crippen LogP contribution in [0.15, 0.2) is 24.3 Å². The van der Waals surface area contributed by atoms with Gasteiger partial charge in [-0.2, -0.15) is 0 Å². The van der Waals surface area contributed by atoms with Gasteiger partial charge in [-0.1, -0.05) is 12.1 Å². The number of carbonyl (C=O) groups excluding carboxylic acids is 1. The Morgan fingerprint density at radius 2 is 2.06 bits per heavy atom. The fourth-order valence-electron chi connectivity index (χ4n) is 3.16. The van der Waals surface area contributed by atoms with Gasteiger partial charge in [0.15, 0.2) is 0 Å². The predicted octanol–water partition coefficient (Wildman–Crippen LogP) is 3.17. The third-order valence-electron chi connectivity index (χ3n) is 4.03. The van der Waals surface area contributed by atoms with Crippen molar-refractivity contribution in [3.63, 3.8) is 0 Å². The first-order chi connectivity index (χ1) is 8.24. The number of ether oxygens (including phenoxy) is 1. The molecule has 2 aliphatic carbocycles. The number of hydrogen-bond donors (Lipinski definition) is 0. The van der Waals surface area contributed by atoms with Crippen molar-refractivity contribution in [2.24, 2.45) is 11.8 Å². The molecule has 2 aliphatic rings. The summed E-state index contributed by atoms with van der Waals surface area (Å²) in [5.74, 6) is 0.218. The Hall–Kier alpha value is -1.38. The van der Waals surface area contributed by atoms with E-state index in [4.69, 9.17) is 4.74 Å². The largest absolute Gasteiger partial charge is 0.458 e. The molecule has 2 nitrogen and oxygen atoms in total. The Labute approximate surface area is 99.8 Å². The van der Waals surface area contributed by atoms with Gasteiger partial charge in [-0.3, -0.25) is 0 Å². The number of esters is 1. The van der Waals surface area contributed by atoms with Gasteiger partial charge in [-0.05, 0) is 49.7 Å². The van der Waals surface area contributed by atoms with Crippen LogP contribution in [0.25, 0.3) is 0 Å². The molecule has 0 aliphatic heterocycles. The second-order valence-electron chi connectivity index (χ2n) is 5.10. The van der Waals surface area contributed by atoms with Crippen molar-refractivity contribution >= 4 is 5.97 Å². The highest BCUT2D eigenvalue weighted by molar-refractivity contribution is 5.89. The standard InChI is InChI=1S/C14H15FO2/c15-12-4-2-1-3-11(12)14(16)17-13-8-9-5-6-10(13)7-9/h1-4,9-10,13H,5-8H2. The fourth-order valence-corrected chi connectivity index (χ4v) is 3.16. The lowest BCUT2D eigenvalue weighted by atomic mass is 9.98. The highest BCUT2D eigenvalue weighted by Gasteiger charge is 2.41. The van der Waals surface area contributed by atoms with Crippen molar-refractivity contribution in [1.82, 2.24) is 0 Å². The van der Waals surface area contributed by atoms with Crippen LogP contribution >= 0.6 is 0 Å². The summed E-state index contributed by atoms with van der Waals surface area (Å²) in [4.78, 5) is 11.8. The van der Waals surface area contributed by atoms with E-state index < -0.39 is 11.8 Å². The lowest BCUT2D eigenvalue weighted by Crippen LogP contribution is -2.24. The zero-order valence-electron chi connectivity index (χ0n) is 9.56. The second kappa shape index (κ2) is 4.13. The average Bonchev–Trinajstić information content (AvgIpc) is 2.91. The second-order valence-corrected chi connectivity index (χ2v) is 5.10. The van der Waals surface area contributed by atoms with E-state index in [-0.39, 0.29) is 11.7 Å². The van der Waals surface area contributed by atoms with Crippen molar-refractivity contribution in [2.45, 2.75) is 31.8 Å². The van der Waals surface area contributed by atoms with Gasteiger partial charge in [0.2, 0.25) is 0 Å². The lowest BCUT2D eigenvalue weighted by molar-refractivity contribution is 0.0154. The maximum absolute atomic E-state index is 13.4. The molecule has 1 aromatic rings. The Balaban J connectivity index is 1.70. The van der Waals surface area contributed by atoms with Crippen LogP contribution in [0, 0.1) is 17.7 Å². The normalized spacial score (nSPS) is 30.5. The molecule has 3 heteroatoms. The van der Waals surface area contributed by atoms with Gasteiger partial charge in [-0.15, -0.1) is 0 Å². The minimum atomic E-state index is -0.513. The molecule has 3 atom stereocenters. The van der Waals surface area contributed by atoms with Gasteiger partial charge in [0, 0.05) is 0 Å². The van der Waals surface area contributed by atoms with Crippen LogP contribution in [0.5, 0.6) is 0 Å². The summed E-state index contributed by atoms with van der Waals surface area (Å²) in [6, 6.07) is 5.99. The minimum Gasteiger partial charge on any atom is -0.458 e. The van der Waals surface area contributed by atoms with Crippen molar-refractivity contribution in [3.8, 4) is 0 Å². The van der Waals surface area contributed by atoms with Crippen LogP contribution in [0.1, 0.15) is 36.0 Å². The number of fused-ring (bicyclic) bond motifs is 2. The fraction of sp³-hybridized carbons (Fsp3) is 0.500. The highest BCUT2D eigenvalue weighted by Crippen LogP contribution is 2.46. The van der Waals surface area contributed by atoms with Crippen molar-refractivity contribution < 1.29 is 13.9 Å². The Morgan fingerprint density at radius 1 is 1.24 bits per heavy atom. The summed E-state index contributed by atoms with van der Waals surface area (Å²) in [6.07, 6.45) is 4.57. The SMILES string of the molecule is O=C(OC1CC2CCC1C2)c1ccccc1F. The molecular formula is C14H15FO2. The van der Waals surface area contributed by atoms with Gasteiger partial charge in [0.25, 0.3) is 0 Å². The van der Waals surface area contributed by atoms with E-state index in [9.17, 15) is 9.18 Å². The molecule has 0 radical (unpaired) electrons. The predicted molar refractivity (Wildman–Crippen MR) is 61.1 cm³/mol. The molecule has 0 spiro atoms. The van der Waals surface area contributed by atoms with Crippen LogP contribution in [-0.2, 0) is 4.74 Å². The van der Waals surface area contributed by atoms with Gasteiger partial charge in [0.05, 0.1) is 5.56 Å². The van der Waals surface area contributed by atoms with Crippen LogP contribution in [0.2, 0.25) is 0 Å². The van der Waals surface area contributed by atoms with Crippen LogP contribution < -0.4 is 0 Å². The first-order valence-corrected chi connectivity index (χ1v) is 6.19. The quantitative estimate of drug-likeness (QED) is 0.735. The summed E-state index contributed by atoms with van der Waals surface area (Å²) >= 11 is 0. The average molecular weight is 234 g/mol. The van der Waals surface area contributed by atoms with E-state index >= 15 is 0 Å². The Kier molecular flexibility index (Phi) is 2.61. The molecular weight excluding hydrogens is 219 g/mol. The van der Waals surface area contributed by atoms with Crippen molar-refractivity contribution in [3.05, 3.63) is 35.6 Å². The molecule has 90 valence electrons. The van der Waals surface area contributed by atoms with Crippen LogP contribution in [0.3, 0.4) is 0 Å². The molecule has 3 rings (SSSR count). The van der Waals surface area contributed by atoms with Gasteiger partial charge in [0.1, 0.15) is 11.9 Å². The van der Waals surface area contributed by atoms with Crippen LogP contribution in [0.4, 0.5) is 4.39 Å². The smallest absolute Gasteiger partial charge is 0.341 e. The van der Waals surface area contributed by atoms with E-state index in [2.05, 4.69) is 0 Å². The zero-order chi connectivity index (χ0) is 11.8. The molecule has 2 saturated carbocycles. The van der Waals surface area contributed by atoms with Gasteiger partial charge in [-0.25, -0.2) is 9.18 Å². The molecule has 3 unspecified atom stereocenters. The molecule has 0 amide bonds. The van der Waals surface area contributed by atoms with E-state index in [1.54, 1.807) is 12.1 Å². The van der Waals surface area contributed by atoms with E-state index in [1.807, 2.05) is 0 Å². The maximum atomic E-state index is 13.4. The summed E-state index contributed by atoms with van der Waals surface area (Å²) in [5, 5.41) is 0. The molecule has 0 saturated heterocycles. The summed E-state index contributed by atoms with van der Waals surface area (Å²) in [6.45, 7) is 0. The molecule has 2 fully saturated rings. The minimum absolute atomic E-state index is 0.0147. The summed E-state index contributed by atoms with van der Waals surface area (Å²) in [5.41, 5.74) is 0.0512. The molecule has 0 aromatic heterocycles. The Morgan fingerprint density at radius 3 is 2.71 bits per heavy atom. The molecule has 2 bridgehead atoms. The van der Waals surface area contributed by atoms with Gasteiger partial charge < -0.3 is 4.74 Å². The molecule has 0 heterocycles. The van der Waals surface area contributed by atoms with Gasteiger partial charge >= 0.3 is 5.97 Å². The third-order valence-corrected chi connectivity index (χ3v) is 4.03. The van der Waals surface area contributed by atoms with Crippen molar-refractivity contribution in [1.29, 1.82) is 0 Å². The number of rotatable bonds is 2. The third kappa shape index (κ3) is 1.94. The van der Waals surface area contributed by atoms with E-state index in [0.717, 1.165) is 18.8 Å². The first-order valence-electron chi connectivity index (χ1n) is 6.19. The number of hydrogen-bond acceptors (Lipinski definition) is 2. The Bertz CT molecular complexity index is 444.